The lowest BCUT2D eigenvalue weighted by molar-refractivity contribution is -0.125. The normalized spacial score (nSPS) is 13.5. The fourth-order valence-electron chi connectivity index (χ4n) is 1.44. The Morgan fingerprint density at radius 1 is 1.41 bits per heavy atom. The van der Waals surface area contributed by atoms with Crippen molar-refractivity contribution >= 4 is 49.2 Å². The zero-order chi connectivity index (χ0) is 13.2. The Morgan fingerprint density at radius 2 is 2.00 bits per heavy atom. The minimum atomic E-state index is -0.322. The zero-order valence-electron chi connectivity index (χ0n) is 10.1. The van der Waals surface area contributed by atoms with Crippen molar-refractivity contribution in [3.63, 3.8) is 0 Å². The topological polar surface area (TPSA) is 17.1 Å². The van der Waals surface area contributed by atoms with Gasteiger partial charge in [-0.3, -0.25) is 4.79 Å². The van der Waals surface area contributed by atoms with E-state index in [0.717, 1.165) is 10.0 Å². The highest BCUT2D eigenvalue weighted by Gasteiger charge is 2.27. The SMILES string of the molecule is CC(C)(C)C(=O)C(Br)Cc1ccc(Cl)c(Br)c1. The molecule has 0 saturated heterocycles. The Hall–Kier alpha value is 0.140. The minimum absolute atomic E-state index is 0.157. The number of hydrogen-bond acceptors (Lipinski definition) is 1. The van der Waals surface area contributed by atoms with Gasteiger partial charge in [0.25, 0.3) is 0 Å². The van der Waals surface area contributed by atoms with Crippen LogP contribution >= 0.6 is 43.5 Å². The maximum Gasteiger partial charge on any atom is 0.152 e. The van der Waals surface area contributed by atoms with Crippen LogP contribution in [-0.2, 0) is 11.2 Å². The summed E-state index contributed by atoms with van der Waals surface area (Å²) in [5.74, 6) is 0.212. The summed E-state index contributed by atoms with van der Waals surface area (Å²) in [7, 11) is 0. The lowest BCUT2D eigenvalue weighted by Gasteiger charge is -2.20. The molecule has 4 heteroatoms. The van der Waals surface area contributed by atoms with Gasteiger partial charge in [-0.15, -0.1) is 0 Å². The second-order valence-electron chi connectivity index (χ2n) is 5.03. The molecule has 0 bridgehead atoms. The molecule has 0 radical (unpaired) electrons. The van der Waals surface area contributed by atoms with Gasteiger partial charge in [-0.25, -0.2) is 0 Å². The van der Waals surface area contributed by atoms with Crippen molar-refractivity contribution in [2.45, 2.75) is 32.0 Å². The first-order valence-electron chi connectivity index (χ1n) is 5.34. The van der Waals surface area contributed by atoms with Gasteiger partial charge in [0, 0.05) is 9.89 Å². The first-order valence-corrected chi connectivity index (χ1v) is 7.43. The summed E-state index contributed by atoms with van der Waals surface area (Å²) in [6.45, 7) is 5.80. The third kappa shape index (κ3) is 4.38. The van der Waals surface area contributed by atoms with Crippen LogP contribution in [0, 0.1) is 5.41 Å². The molecular weight excluding hydrogens is 367 g/mol. The number of Topliss-reactive ketones (excluding diaryl/α,β-unsaturated/α-hetero) is 1. The molecule has 1 aromatic carbocycles. The molecule has 1 nitrogen and oxygen atoms in total. The molecule has 0 heterocycles. The molecule has 1 rings (SSSR count). The van der Waals surface area contributed by atoms with E-state index in [9.17, 15) is 4.79 Å². The fraction of sp³-hybridized carbons (Fsp3) is 0.462. The Kier molecular flexibility index (Phi) is 5.23. The molecule has 0 saturated carbocycles. The van der Waals surface area contributed by atoms with Crippen LogP contribution in [0.3, 0.4) is 0 Å². The third-order valence-electron chi connectivity index (χ3n) is 2.42. The molecule has 0 amide bonds. The van der Waals surface area contributed by atoms with Crippen molar-refractivity contribution in [1.82, 2.24) is 0 Å². The summed E-state index contributed by atoms with van der Waals surface area (Å²) in [6, 6.07) is 5.73. The van der Waals surface area contributed by atoms with E-state index in [2.05, 4.69) is 31.9 Å². The van der Waals surface area contributed by atoms with Crippen LogP contribution in [0.1, 0.15) is 26.3 Å². The number of hydrogen-bond donors (Lipinski definition) is 0. The van der Waals surface area contributed by atoms with E-state index in [1.54, 1.807) is 0 Å². The molecule has 1 aromatic rings. The van der Waals surface area contributed by atoms with Crippen molar-refractivity contribution in [2.24, 2.45) is 5.41 Å². The number of ketones is 1. The van der Waals surface area contributed by atoms with Gasteiger partial charge in [0.2, 0.25) is 0 Å². The molecule has 0 N–H and O–H groups in total. The van der Waals surface area contributed by atoms with E-state index in [1.807, 2.05) is 39.0 Å². The van der Waals surface area contributed by atoms with Crippen LogP contribution in [0.4, 0.5) is 0 Å². The average Bonchev–Trinajstić information content (AvgIpc) is 2.21. The lowest BCUT2D eigenvalue weighted by Crippen LogP contribution is -2.30. The van der Waals surface area contributed by atoms with Crippen LogP contribution in [0.15, 0.2) is 22.7 Å². The highest BCUT2D eigenvalue weighted by atomic mass is 79.9. The summed E-state index contributed by atoms with van der Waals surface area (Å²) in [6.07, 6.45) is 0.672. The second-order valence-corrected chi connectivity index (χ2v) is 7.40. The standard InChI is InChI=1S/C13H15Br2ClO/c1-13(2,3)12(17)10(15)7-8-4-5-11(16)9(14)6-8/h4-6,10H,7H2,1-3H3. The quantitative estimate of drug-likeness (QED) is 0.671. The van der Waals surface area contributed by atoms with E-state index in [-0.39, 0.29) is 16.0 Å². The molecule has 0 aromatic heterocycles. The fourth-order valence-corrected chi connectivity index (χ4v) is 3.04. The first-order chi connectivity index (χ1) is 7.71. The van der Waals surface area contributed by atoms with Gasteiger partial charge in [-0.1, -0.05) is 54.4 Å². The average molecular weight is 383 g/mol. The number of halogens is 3. The van der Waals surface area contributed by atoms with Gasteiger partial charge >= 0.3 is 0 Å². The molecule has 17 heavy (non-hydrogen) atoms. The molecular formula is C13H15Br2ClO. The van der Waals surface area contributed by atoms with E-state index < -0.39 is 0 Å². The van der Waals surface area contributed by atoms with Gasteiger partial charge in [-0.2, -0.15) is 0 Å². The highest BCUT2D eigenvalue weighted by Crippen LogP contribution is 2.27. The lowest BCUT2D eigenvalue weighted by atomic mass is 9.87. The number of alkyl halides is 1. The molecule has 1 unspecified atom stereocenters. The molecule has 0 fully saturated rings. The van der Waals surface area contributed by atoms with Crippen LogP contribution in [0.25, 0.3) is 0 Å². The van der Waals surface area contributed by atoms with Crippen LogP contribution in [-0.4, -0.2) is 10.6 Å². The Balaban J connectivity index is 2.78. The van der Waals surface area contributed by atoms with Gasteiger partial charge in [0.1, 0.15) is 0 Å². The Morgan fingerprint density at radius 3 is 2.47 bits per heavy atom. The maximum absolute atomic E-state index is 12.0. The summed E-state index contributed by atoms with van der Waals surface area (Å²) >= 11 is 12.8. The summed E-state index contributed by atoms with van der Waals surface area (Å²) in [4.78, 5) is 11.9. The largest absolute Gasteiger partial charge is 0.298 e. The predicted octanol–water partition coefficient (Wildman–Crippen LogP) is 5.02. The van der Waals surface area contributed by atoms with Crippen LogP contribution < -0.4 is 0 Å². The van der Waals surface area contributed by atoms with Gasteiger partial charge in [0.15, 0.2) is 5.78 Å². The van der Waals surface area contributed by atoms with Gasteiger partial charge in [-0.05, 0) is 40.0 Å². The van der Waals surface area contributed by atoms with Gasteiger partial charge < -0.3 is 0 Å². The summed E-state index contributed by atoms with van der Waals surface area (Å²) in [5.41, 5.74) is 0.762. The van der Waals surface area contributed by atoms with E-state index in [1.165, 1.54) is 0 Å². The molecule has 0 aliphatic rings. The van der Waals surface area contributed by atoms with Crippen molar-refractivity contribution < 1.29 is 4.79 Å². The van der Waals surface area contributed by atoms with Crippen molar-refractivity contribution in [3.8, 4) is 0 Å². The third-order valence-corrected chi connectivity index (χ3v) is 4.38. The van der Waals surface area contributed by atoms with Crippen molar-refractivity contribution in [3.05, 3.63) is 33.3 Å². The Bertz CT molecular complexity index is 424. The second kappa shape index (κ2) is 5.85. The van der Waals surface area contributed by atoms with E-state index in [4.69, 9.17) is 11.6 Å². The highest BCUT2D eigenvalue weighted by molar-refractivity contribution is 9.10. The minimum Gasteiger partial charge on any atom is -0.298 e. The molecule has 94 valence electrons. The number of benzene rings is 1. The monoisotopic (exact) mass is 380 g/mol. The Labute approximate surface area is 124 Å². The van der Waals surface area contributed by atoms with Crippen LogP contribution in [0.5, 0.6) is 0 Å². The predicted molar refractivity (Wildman–Crippen MR) is 80.0 cm³/mol. The summed E-state index contributed by atoms with van der Waals surface area (Å²) < 4.78 is 0.861. The first kappa shape index (κ1) is 15.2. The van der Waals surface area contributed by atoms with Crippen LogP contribution in [0.2, 0.25) is 5.02 Å². The number of rotatable bonds is 3. The van der Waals surface area contributed by atoms with Crippen molar-refractivity contribution in [2.75, 3.05) is 0 Å². The smallest absolute Gasteiger partial charge is 0.152 e. The summed E-state index contributed by atoms with van der Waals surface area (Å²) in [5, 5.41) is 0.682. The molecule has 0 aliphatic heterocycles. The van der Waals surface area contributed by atoms with E-state index >= 15 is 0 Å². The number of carbonyl (C=O) groups is 1. The van der Waals surface area contributed by atoms with Gasteiger partial charge in [0.05, 0.1) is 9.85 Å². The van der Waals surface area contributed by atoms with E-state index in [0.29, 0.717) is 11.4 Å². The molecule has 0 spiro atoms. The van der Waals surface area contributed by atoms with Crippen molar-refractivity contribution in [1.29, 1.82) is 0 Å². The zero-order valence-corrected chi connectivity index (χ0v) is 14.0. The molecule has 1 atom stereocenters. The number of carbonyl (C=O) groups excluding carboxylic acids is 1. The maximum atomic E-state index is 12.0. The molecule has 0 aliphatic carbocycles.